The van der Waals surface area contributed by atoms with Crippen molar-refractivity contribution >= 4 is 29.1 Å². The average Bonchev–Trinajstić information content (AvgIpc) is 2.76. The van der Waals surface area contributed by atoms with E-state index in [2.05, 4.69) is 5.32 Å². The quantitative estimate of drug-likeness (QED) is 0.892. The molecule has 3 N–H and O–H groups in total. The molecule has 1 aromatic carbocycles. The van der Waals surface area contributed by atoms with E-state index in [0.717, 1.165) is 0 Å². The van der Waals surface area contributed by atoms with Crippen molar-refractivity contribution in [3.8, 4) is 0 Å². The number of amides is 2. The first kappa shape index (κ1) is 12.2. The molecule has 1 aromatic heterocycles. The van der Waals surface area contributed by atoms with Crippen molar-refractivity contribution in [2.75, 3.05) is 5.32 Å². The summed E-state index contributed by atoms with van der Waals surface area (Å²) in [5, 5.41) is 2.64. The highest BCUT2D eigenvalue weighted by atomic mass is 35.5. The fraction of sp³-hybridized carbons (Fsp3) is 0. The van der Waals surface area contributed by atoms with Crippen LogP contribution in [0.1, 0.15) is 20.7 Å². The number of benzene rings is 1. The minimum absolute atomic E-state index is 0.0289. The summed E-state index contributed by atoms with van der Waals surface area (Å²) >= 11 is 5.68. The van der Waals surface area contributed by atoms with Crippen molar-refractivity contribution in [1.82, 2.24) is 0 Å². The van der Waals surface area contributed by atoms with E-state index in [0.29, 0.717) is 11.3 Å². The summed E-state index contributed by atoms with van der Waals surface area (Å²) in [5.74, 6) is -0.911. The average molecular weight is 265 g/mol. The number of hydrogen-bond acceptors (Lipinski definition) is 3. The molecule has 0 atom stereocenters. The van der Waals surface area contributed by atoms with Crippen molar-refractivity contribution in [3.05, 3.63) is 52.9 Å². The second kappa shape index (κ2) is 4.93. The van der Waals surface area contributed by atoms with E-state index in [9.17, 15) is 9.59 Å². The molecule has 2 aromatic rings. The summed E-state index contributed by atoms with van der Waals surface area (Å²) in [6, 6.07) is 7.66. The van der Waals surface area contributed by atoms with Crippen LogP contribution in [-0.2, 0) is 0 Å². The van der Waals surface area contributed by atoms with Gasteiger partial charge in [-0.15, -0.1) is 0 Å². The SMILES string of the molecule is NC(=O)c1ccc(NC(=O)c2ccoc2Cl)cc1. The van der Waals surface area contributed by atoms with Gasteiger partial charge in [0.1, 0.15) is 0 Å². The molecule has 92 valence electrons. The number of carbonyl (C=O) groups excluding carboxylic acids is 2. The molecule has 0 unspecified atom stereocenters. The van der Waals surface area contributed by atoms with Crippen LogP contribution in [0.5, 0.6) is 0 Å². The van der Waals surface area contributed by atoms with Crippen LogP contribution < -0.4 is 11.1 Å². The summed E-state index contributed by atoms with van der Waals surface area (Å²) in [6.45, 7) is 0. The lowest BCUT2D eigenvalue weighted by atomic mass is 10.2. The minimum Gasteiger partial charge on any atom is -0.452 e. The maximum Gasteiger partial charge on any atom is 0.260 e. The minimum atomic E-state index is -0.522. The smallest absolute Gasteiger partial charge is 0.260 e. The van der Waals surface area contributed by atoms with Crippen LogP contribution in [-0.4, -0.2) is 11.8 Å². The third-order valence-corrected chi connectivity index (χ3v) is 2.58. The van der Waals surface area contributed by atoms with Gasteiger partial charge in [0.15, 0.2) is 0 Å². The first-order chi connectivity index (χ1) is 8.58. The van der Waals surface area contributed by atoms with Gasteiger partial charge in [-0.3, -0.25) is 9.59 Å². The number of hydrogen-bond donors (Lipinski definition) is 2. The van der Waals surface area contributed by atoms with Crippen LogP contribution in [0.2, 0.25) is 5.22 Å². The zero-order chi connectivity index (χ0) is 13.1. The molecule has 5 nitrogen and oxygen atoms in total. The van der Waals surface area contributed by atoms with E-state index in [1.165, 1.54) is 24.5 Å². The topological polar surface area (TPSA) is 85.3 Å². The molecule has 18 heavy (non-hydrogen) atoms. The second-order valence-corrected chi connectivity index (χ2v) is 3.85. The Bertz CT molecular complexity index is 590. The molecule has 2 rings (SSSR count). The van der Waals surface area contributed by atoms with Gasteiger partial charge in [0.05, 0.1) is 11.8 Å². The highest BCUT2D eigenvalue weighted by Gasteiger charge is 2.13. The van der Waals surface area contributed by atoms with Crippen LogP contribution >= 0.6 is 11.6 Å². The van der Waals surface area contributed by atoms with E-state index >= 15 is 0 Å². The normalized spacial score (nSPS) is 10.1. The van der Waals surface area contributed by atoms with Crippen LogP contribution in [0.25, 0.3) is 0 Å². The van der Waals surface area contributed by atoms with E-state index in [4.69, 9.17) is 21.8 Å². The fourth-order valence-electron chi connectivity index (χ4n) is 1.37. The monoisotopic (exact) mass is 264 g/mol. The van der Waals surface area contributed by atoms with E-state index < -0.39 is 5.91 Å². The first-order valence-corrected chi connectivity index (χ1v) is 5.40. The second-order valence-electron chi connectivity index (χ2n) is 3.50. The third kappa shape index (κ3) is 2.52. The van der Waals surface area contributed by atoms with Gasteiger partial charge >= 0.3 is 0 Å². The molecule has 0 saturated carbocycles. The maximum atomic E-state index is 11.8. The molecule has 6 heteroatoms. The van der Waals surface area contributed by atoms with Crippen molar-refractivity contribution in [2.24, 2.45) is 5.73 Å². The zero-order valence-corrected chi connectivity index (χ0v) is 9.90. The Morgan fingerprint density at radius 3 is 2.33 bits per heavy atom. The van der Waals surface area contributed by atoms with Gasteiger partial charge in [-0.1, -0.05) is 0 Å². The molecule has 1 heterocycles. The van der Waals surface area contributed by atoms with Gasteiger partial charge in [-0.05, 0) is 41.9 Å². The molecule has 0 aliphatic rings. The molecule has 0 aliphatic carbocycles. The number of nitrogens with one attached hydrogen (secondary N) is 1. The number of carbonyl (C=O) groups is 2. The Hall–Kier alpha value is -2.27. The lowest BCUT2D eigenvalue weighted by Gasteiger charge is -2.04. The number of anilines is 1. The molecule has 2 amide bonds. The van der Waals surface area contributed by atoms with Crippen LogP contribution in [0, 0.1) is 0 Å². The largest absolute Gasteiger partial charge is 0.452 e. The summed E-state index contributed by atoms with van der Waals surface area (Å²) in [7, 11) is 0. The Kier molecular flexibility index (Phi) is 3.34. The third-order valence-electron chi connectivity index (χ3n) is 2.29. The lowest BCUT2D eigenvalue weighted by molar-refractivity contribution is 0.0998. The molecule has 0 saturated heterocycles. The Balaban J connectivity index is 2.13. The van der Waals surface area contributed by atoms with E-state index in [1.807, 2.05) is 0 Å². The van der Waals surface area contributed by atoms with Crippen molar-refractivity contribution in [2.45, 2.75) is 0 Å². The fourth-order valence-corrected chi connectivity index (χ4v) is 1.57. The van der Waals surface area contributed by atoms with Gasteiger partial charge in [-0.2, -0.15) is 0 Å². The van der Waals surface area contributed by atoms with Crippen molar-refractivity contribution < 1.29 is 14.0 Å². The van der Waals surface area contributed by atoms with Crippen LogP contribution in [0.3, 0.4) is 0 Å². The molecule has 0 fully saturated rings. The number of nitrogens with two attached hydrogens (primary N) is 1. The number of halogens is 1. The predicted octanol–water partition coefficient (Wildman–Crippen LogP) is 2.28. The van der Waals surface area contributed by atoms with Crippen molar-refractivity contribution in [1.29, 1.82) is 0 Å². The predicted molar refractivity (Wildman–Crippen MR) is 66.6 cm³/mol. The highest BCUT2D eigenvalue weighted by molar-refractivity contribution is 6.32. The Morgan fingerprint density at radius 2 is 1.83 bits per heavy atom. The van der Waals surface area contributed by atoms with Crippen molar-refractivity contribution in [3.63, 3.8) is 0 Å². The molecule has 0 radical (unpaired) electrons. The molecular formula is C12H9ClN2O3. The highest BCUT2D eigenvalue weighted by Crippen LogP contribution is 2.18. The summed E-state index contributed by atoms with van der Waals surface area (Å²) in [4.78, 5) is 22.6. The van der Waals surface area contributed by atoms with Gasteiger partial charge in [0.2, 0.25) is 11.1 Å². The molecule has 0 aliphatic heterocycles. The van der Waals surface area contributed by atoms with Crippen LogP contribution in [0.15, 0.2) is 41.0 Å². The van der Waals surface area contributed by atoms with E-state index in [-0.39, 0.29) is 16.7 Å². The van der Waals surface area contributed by atoms with Gasteiger partial charge in [0.25, 0.3) is 5.91 Å². The maximum absolute atomic E-state index is 11.8. The van der Waals surface area contributed by atoms with Gasteiger partial charge in [-0.25, -0.2) is 0 Å². The summed E-state index contributed by atoms with van der Waals surface area (Å²) in [5.41, 5.74) is 6.25. The molecule has 0 bridgehead atoms. The van der Waals surface area contributed by atoms with E-state index in [1.54, 1.807) is 12.1 Å². The van der Waals surface area contributed by atoms with Crippen LogP contribution in [0.4, 0.5) is 5.69 Å². The summed E-state index contributed by atoms with van der Waals surface area (Å²) < 4.78 is 4.82. The number of primary amides is 1. The Morgan fingerprint density at radius 1 is 1.17 bits per heavy atom. The standard InChI is InChI=1S/C12H9ClN2O3/c13-10-9(5-6-18-10)12(17)15-8-3-1-7(2-4-8)11(14)16/h1-6H,(H2,14,16)(H,15,17). The first-order valence-electron chi connectivity index (χ1n) is 5.02. The number of furan rings is 1. The van der Waals surface area contributed by atoms with Gasteiger partial charge < -0.3 is 15.5 Å². The summed E-state index contributed by atoms with van der Waals surface area (Å²) in [6.07, 6.45) is 1.33. The number of rotatable bonds is 3. The molecule has 0 spiro atoms. The molecular weight excluding hydrogens is 256 g/mol. The zero-order valence-electron chi connectivity index (χ0n) is 9.14. The lowest BCUT2D eigenvalue weighted by Crippen LogP contribution is -2.13. The Labute approximate surface area is 108 Å². The van der Waals surface area contributed by atoms with Gasteiger partial charge in [0, 0.05) is 11.3 Å².